The van der Waals surface area contributed by atoms with Crippen molar-refractivity contribution in [2.75, 3.05) is 25.5 Å². The molecule has 1 saturated heterocycles. The highest BCUT2D eigenvalue weighted by atomic mass is 19.4. The molecule has 0 bridgehead atoms. The summed E-state index contributed by atoms with van der Waals surface area (Å²) in [6, 6.07) is 7.61. The number of ether oxygens (including phenoxy) is 1. The summed E-state index contributed by atoms with van der Waals surface area (Å²) in [6.45, 7) is 1.94. The van der Waals surface area contributed by atoms with E-state index in [1.54, 1.807) is 16.7 Å². The molecule has 3 aliphatic rings. The van der Waals surface area contributed by atoms with Gasteiger partial charge in [0.2, 0.25) is 0 Å². The fourth-order valence-corrected chi connectivity index (χ4v) is 5.08. The summed E-state index contributed by atoms with van der Waals surface area (Å²) >= 11 is 0. The number of halogens is 3. The van der Waals surface area contributed by atoms with Gasteiger partial charge in [-0.25, -0.2) is 9.97 Å². The van der Waals surface area contributed by atoms with Crippen molar-refractivity contribution in [2.45, 2.75) is 43.3 Å². The molecule has 2 saturated carbocycles. The van der Waals surface area contributed by atoms with Crippen LogP contribution in [0.25, 0.3) is 17.0 Å². The number of fused-ring (bicyclic) bond motifs is 1. The molecule has 1 aliphatic heterocycles. The van der Waals surface area contributed by atoms with Crippen molar-refractivity contribution in [1.29, 1.82) is 0 Å². The summed E-state index contributed by atoms with van der Waals surface area (Å²) in [6.07, 6.45) is 1.42. The Morgan fingerprint density at radius 2 is 2.03 bits per heavy atom. The zero-order valence-corrected chi connectivity index (χ0v) is 17.7. The van der Waals surface area contributed by atoms with Crippen LogP contribution in [0.3, 0.4) is 0 Å². The molecule has 32 heavy (non-hydrogen) atoms. The van der Waals surface area contributed by atoms with Gasteiger partial charge in [0.15, 0.2) is 0 Å². The van der Waals surface area contributed by atoms with Crippen LogP contribution in [-0.4, -0.2) is 46.8 Å². The van der Waals surface area contributed by atoms with E-state index in [1.165, 1.54) is 26.1 Å². The molecule has 2 aliphatic carbocycles. The summed E-state index contributed by atoms with van der Waals surface area (Å²) < 4.78 is 48.6. The van der Waals surface area contributed by atoms with Gasteiger partial charge in [-0.1, -0.05) is 6.07 Å². The van der Waals surface area contributed by atoms with Crippen molar-refractivity contribution in [1.82, 2.24) is 19.7 Å². The lowest BCUT2D eigenvalue weighted by molar-refractivity contribution is -0.161. The first-order valence-corrected chi connectivity index (χ1v) is 10.9. The van der Waals surface area contributed by atoms with Gasteiger partial charge in [0.1, 0.15) is 17.2 Å². The van der Waals surface area contributed by atoms with Crippen molar-refractivity contribution >= 4 is 11.5 Å². The van der Waals surface area contributed by atoms with Crippen molar-refractivity contribution in [3.8, 4) is 17.1 Å². The molecule has 3 aromatic rings. The predicted molar refractivity (Wildman–Crippen MR) is 114 cm³/mol. The third-order valence-electron chi connectivity index (χ3n) is 7.43. The first kappa shape index (κ1) is 19.8. The second kappa shape index (κ2) is 6.60. The zero-order chi connectivity index (χ0) is 22.1. The Morgan fingerprint density at radius 3 is 2.72 bits per heavy atom. The van der Waals surface area contributed by atoms with Gasteiger partial charge in [0.25, 0.3) is 0 Å². The van der Waals surface area contributed by atoms with Crippen LogP contribution in [0, 0.1) is 5.41 Å². The van der Waals surface area contributed by atoms with Gasteiger partial charge in [-0.15, -0.1) is 0 Å². The minimum atomic E-state index is -4.33. The average Bonchev–Trinajstić information content (AvgIpc) is 3.66. The number of alkyl halides is 3. The number of aromatic nitrogens is 3. The number of rotatable bonds is 5. The highest BCUT2D eigenvalue weighted by Crippen LogP contribution is 2.61. The first-order valence-electron chi connectivity index (χ1n) is 10.9. The number of imidazole rings is 1. The van der Waals surface area contributed by atoms with Crippen molar-refractivity contribution in [3.63, 3.8) is 0 Å². The maximum Gasteiger partial charge on any atom is 0.398 e. The molecule has 2 N–H and O–H groups in total. The number of hydrogen-bond acceptors (Lipinski definition) is 5. The van der Waals surface area contributed by atoms with Gasteiger partial charge in [0.05, 0.1) is 30.1 Å². The summed E-state index contributed by atoms with van der Waals surface area (Å²) in [5, 5.41) is 7.01. The lowest BCUT2D eigenvalue weighted by Gasteiger charge is -2.22. The largest absolute Gasteiger partial charge is 0.496 e. The number of hydrogen-bond donors (Lipinski definition) is 2. The Balaban J connectivity index is 1.39. The van der Waals surface area contributed by atoms with E-state index in [0.29, 0.717) is 28.5 Å². The maximum atomic E-state index is 13.9. The van der Waals surface area contributed by atoms with Crippen LogP contribution in [0.2, 0.25) is 0 Å². The Morgan fingerprint density at radius 1 is 1.22 bits per heavy atom. The van der Waals surface area contributed by atoms with Gasteiger partial charge in [0, 0.05) is 42.4 Å². The van der Waals surface area contributed by atoms with E-state index in [4.69, 9.17) is 9.72 Å². The molecule has 1 atom stereocenters. The normalized spacial score (nSPS) is 22.9. The third-order valence-corrected chi connectivity index (χ3v) is 7.43. The van der Waals surface area contributed by atoms with E-state index in [-0.39, 0.29) is 24.2 Å². The molecule has 6 nitrogen and oxygen atoms in total. The Labute approximate surface area is 183 Å². The molecule has 9 heteroatoms. The molecular formula is C23H24F3N5O. The second-order valence-corrected chi connectivity index (χ2v) is 9.31. The molecule has 6 rings (SSSR count). The van der Waals surface area contributed by atoms with E-state index in [2.05, 4.69) is 15.6 Å². The van der Waals surface area contributed by atoms with Gasteiger partial charge in [-0.3, -0.25) is 4.40 Å². The highest BCUT2D eigenvalue weighted by molar-refractivity contribution is 5.64. The number of methoxy groups -OCH3 is 1. The van der Waals surface area contributed by atoms with E-state index in [1.807, 2.05) is 18.2 Å². The van der Waals surface area contributed by atoms with Crippen LogP contribution in [-0.2, 0) is 5.41 Å². The van der Waals surface area contributed by atoms with Gasteiger partial charge < -0.3 is 15.4 Å². The fraction of sp³-hybridized carbons (Fsp3) is 0.478. The summed E-state index contributed by atoms with van der Waals surface area (Å²) in [7, 11) is 1.40. The lowest BCUT2D eigenvalue weighted by atomic mass is 9.96. The molecule has 3 aromatic heterocycles. The number of nitrogens with zero attached hydrogens (tertiary/aromatic N) is 3. The van der Waals surface area contributed by atoms with Crippen molar-refractivity contribution in [3.05, 3.63) is 42.2 Å². The van der Waals surface area contributed by atoms with Crippen LogP contribution in [0.4, 0.5) is 19.0 Å². The number of nitrogens with one attached hydrogen (secondary N) is 2. The quantitative estimate of drug-likeness (QED) is 0.620. The van der Waals surface area contributed by atoms with Crippen LogP contribution in [0.5, 0.6) is 5.75 Å². The van der Waals surface area contributed by atoms with E-state index in [9.17, 15) is 13.2 Å². The zero-order valence-electron chi connectivity index (χ0n) is 17.7. The minimum Gasteiger partial charge on any atom is -0.496 e. The molecular weight excluding hydrogens is 419 g/mol. The summed E-state index contributed by atoms with van der Waals surface area (Å²) in [5.41, 5.74) is 0.473. The third kappa shape index (κ3) is 2.90. The SMILES string of the molecule is COc1cc2ncc(-c3cccc(N[C@H]4CNCC45CC5)n3)n2cc1C1(C(F)(F)F)CC1. The monoisotopic (exact) mass is 443 g/mol. The maximum absolute atomic E-state index is 13.9. The average molecular weight is 443 g/mol. The fourth-order valence-electron chi connectivity index (χ4n) is 5.08. The Kier molecular flexibility index (Phi) is 4.09. The molecule has 4 heterocycles. The molecule has 1 spiro atoms. The molecule has 0 aromatic carbocycles. The van der Waals surface area contributed by atoms with Crippen LogP contribution < -0.4 is 15.4 Å². The van der Waals surface area contributed by atoms with E-state index in [0.717, 1.165) is 18.9 Å². The molecule has 0 amide bonds. The Bertz CT molecular complexity index is 1200. The first-order chi connectivity index (χ1) is 15.4. The molecule has 3 fully saturated rings. The van der Waals surface area contributed by atoms with Gasteiger partial charge >= 0.3 is 6.18 Å². The standard InChI is InChI=1S/C23H24F3N5O/c1-32-17-9-20-28-10-16(31(20)12-14(17)22(7-8-22)23(24,25)26)15-3-2-4-19(29-15)30-18-11-27-13-21(18)5-6-21/h2-4,9-10,12,18,27H,5-8,11,13H2,1H3,(H,29,30)/t18-/m0/s1. The summed E-state index contributed by atoms with van der Waals surface area (Å²) in [5.74, 6) is 0.983. The second-order valence-electron chi connectivity index (χ2n) is 9.31. The number of pyridine rings is 2. The van der Waals surface area contributed by atoms with Crippen LogP contribution in [0.15, 0.2) is 36.7 Å². The van der Waals surface area contributed by atoms with Crippen molar-refractivity contribution < 1.29 is 17.9 Å². The molecule has 0 unspecified atom stereocenters. The van der Waals surface area contributed by atoms with Crippen molar-refractivity contribution in [2.24, 2.45) is 5.41 Å². The minimum absolute atomic E-state index is 0.0667. The highest BCUT2D eigenvalue weighted by Gasteiger charge is 2.65. The summed E-state index contributed by atoms with van der Waals surface area (Å²) in [4.78, 5) is 9.17. The van der Waals surface area contributed by atoms with Gasteiger partial charge in [-0.2, -0.15) is 13.2 Å². The van der Waals surface area contributed by atoms with Crippen LogP contribution >= 0.6 is 0 Å². The van der Waals surface area contributed by atoms with Crippen LogP contribution in [0.1, 0.15) is 31.2 Å². The van der Waals surface area contributed by atoms with E-state index < -0.39 is 11.6 Å². The smallest absolute Gasteiger partial charge is 0.398 e. The Hall–Kier alpha value is -2.81. The number of anilines is 1. The predicted octanol–water partition coefficient (Wildman–Crippen LogP) is 4.16. The topological polar surface area (TPSA) is 63.5 Å². The van der Waals surface area contributed by atoms with E-state index >= 15 is 0 Å². The lowest BCUT2D eigenvalue weighted by Crippen LogP contribution is -2.29. The molecule has 0 radical (unpaired) electrons. The van der Waals surface area contributed by atoms with Gasteiger partial charge in [-0.05, 0) is 37.8 Å². The molecule has 168 valence electrons.